The third kappa shape index (κ3) is 5.02. The summed E-state index contributed by atoms with van der Waals surface area (Å²) < 4.78 is 4.83. The number of hydrogen-bond donors (Lipinski definition) is 0. The van der Waals surface area contributed by atoms with Gasteiger partial charge in [-0.3, -0.25) is 4.79 Å². The van der Waals surface area contributed by atoms with Gasteiger partial charge < -0.3 is 9.53 Å². The van der Waals surface area contributed by atoms with Crippen molar-refractivity contribution in [3.05, 3.63) is 0 Å². The van der Waals surface area contributed by atoms with Crippen LogP contribution in [0.4, 0.5) is 0 Å². The number of rotatable bonds is 6. The highest BCUT2D eigenvalue weighted by atomic mass is 16.5. The lowest BCUT2D eigenvalue weighted by Crippen LogP contribution is -2.16. The Morgan fingerprint density at radius 1 is 1.33 bits per heavy atom. The van der Waals surface area contributed by atoms with Gasteiger partial charge in [-0.2, -0.15) is 0 Å². The lowest BCUT2D eigenvalue weighted by molar-refractivity contribution is -0.126. The highest BCUT2D eigenvalue weighted by Gasteiger charge is 2.12. The van der Waals surface area contributed by atoms with Crippen LogP contribution in [0.15, 0.2) is 0 Å². The van der Waals surface area contributed by atoms with E-state index in [0.717, 1.165) is 0 Å². The summed E-state index contributed by atoms with van der Waals surface area (Å²) in [4.78, 5) is 21.8. The molecule has 1 atom stereocenters. The highest BCUT2D eigenvalue weighted by molar-refractivity contribution is 5.86. The molecule has 0 aliphatic rings. The Morgan fingerprint density at radius 2 is 1.92 bits per heavy atom. The summed E-state index contributed by atoms with van der Waals surface area (Å²) in [6, 6.07) is 0. The van der Waals surface area contributed by atoms with Crippen LogP contribution in [0.5, 0.6) is 0 Å². The van der Waals surface area contributed by atoms with Gasteiger partial charge in [0, 0.05) is 25.9 Å². The molecule has 0 aliphatic heterocycles. The van der Waals surface area contributed by atoms with Gasteiger partial charge in [-0.15, -0.1) is 0 Å². The summed E-state index contributed by atoms with van der Waals surface area (Å²) >= 11 is 0. The molecule has 3 heteroatoms. The van der Waals surface area contributed by atoms with Crippen molar-refractivity contribution in [2.24, 2.45) is 5.92 Å². The molecule has 0 fully saturated rings. The molecule has 0 aromatic carbocycles. The average molecular weight is 172 g/mol. The van der Waals surface area contributed by atoms with Crippen molar-refractivity contribution < 1.29 is 14.3 Å². The standard InChI is InChI=1S/C9H16O3/c1-7(6-12-3)9(11)5-4-8(2)10/h7H,4-6H2,1-3H3. The second kappa shape index (κ2) is 5.89. The van der Waals surface area contributed by atoms with E-state index < -0.39 is 0 Å². The Morgan fingerprint density at radius 3 is 2.33 bits per heavy atom. The number of carbonyl (C=O) groups excluding carboxylic acids is 2. The van der Waals surface area contributed by atoms with Crippen LogP contribution in [0.1, 0.15) is 26.7 Å². The molecule has 12 heavy (non-hydrogen) atoms. The van der Waals surface area contributed by atoms with E-state index in [1.165, 1.54) is 6.92 Å². The Labute approximate surface area is 73.1 Å². The Balaban J connectivity index is 3.64. The van der Waals surface area contributed by atoms with Crippen molar-refractivity contribution in [2.75, 3.05) is 13.7 Å². The fourth-order valence-electron chi connectivity index (χ4n) is 0.889. The normalized spacial score (nSPS) is 12.6. The minimum absolute atomic E-state index is 0.0629. The fourth-order valence-corrected chi connectivity index (χ4v) is 0.889. The summed E-state index contributed by atoms with van der Waals surface area (Å²) in [5, 5.41) is 0. The monoisotopic (exact) mass is 172 g/mol. The quantitative estimate of drug-likeness (QED) is 0.604. The van der Waals surface area contributed by atoms with Gasteiger partial charge in [-0.1, -0.05) is 6.92 Å². The Bertz CT molecular complexity index is 163. The molecule has 0 spiro atoms. The predicted octanol–water partition coefficient (Wildman–Crippen LogP) is 1.21. The number of carbonyl (C=O) groups is 2. The number of ketones is 2. The van der Waals surface area contributed by atoms with Crippen LogP contribution in [0, 0.1) is 5.92 Å². The molecule has 0 aromatic heterocycles. The minimum atomic E-state index is -0.0886. The second-order valence-corrected chi connectivity index (χ2v) is 3.02. The molecule has 0 heterocycles. The predicted molar refractivity (Wildman–Crippen MR) is 46.0 cm³/mol. The molecule has 70 valence electrons. The molecular formula is C9H16O3. The van der Waals surface area contributed by atoms with E-state index in [-0.39, 0.29) is 17.5 Å². The number of Topliss-reactive ketones (excluding diaryl/α,β-unsaturated/α-hetero) is 2. The molecule has 1 unspecified atom stereocenters. The van der Waals surface area contributed by atoms with Crippen molar-refractivity contribution in [3.8, 4) is 0 Å². The van der Waals surface area contributed by atoms with Crippen LogP contribution in [0.3, 0.4) is 0 Å². The van der Waals surface area contributed by atoms with Gasteiger partial charge >= 0.3 is 0 Å². The van der Waals surface area contributed by atoms with Crippen molar-refractivity contribution in [1.29, 1.82) is 0 Å². The lowest BCUT2D eigenvalue weighted by Gasteiger charge is -2.07. The number of ether oxygens (including phenoxy) is 1. The first-order chi connectivity index (χ1) is 5.57. The molecular weight excluding hydrogens is 156 g/mol. The van der Waals surface area contributed by atoms with Crippen molar-refractivity contribution >= 4 is 11.6 Å². The van der Waals surface area contributed by atoms with Gasteiger partial charge in [-0.25, -0.2) is 0 Å². The zero-order chi connectivity index (χ0) is 9.56. The summed E-state index contributed by atoms with van der Waals surface area (Å²) in [6.45, 7) is 3.75. The van der Waals surface area contributed by atoms with E-state index in [4.69, 9.17) is 4.74 Å². The van der Waals surface area contributed by atoms with Gasteiger partial charge in [-0.05, 0) is 6.92 Å². The molecule has 0 bridgehead atoms. The van der Waals surface area contributed by atoms with E-state index in [9.17, 15) is 9.59 Å². The van der Waals surface area contributed by atoms with E-state index in [0.29, 0.717) is 19.4 Å². The maximum Gasteiger partial charge on any atom is 0.138 e. The first-order valence-electron chi connectivity index (χ1n) is 4.09. The summed E-state index contributed by atoms with van der Waals surface area (Å²) in [5.74, 6) is 0.0781. The van der Waals surface area contributed by atoms with E-state index in [1.807, 2.05) is 6.92 Å². The van der Waals surface area contributed by atoms with Crippen LogP contribution < -0.4 is 0 Å². The third-order valence-electron chi connectivity index (χ3n) is 1.69. The van der Waals surface area contributed by atoms with Crippen LogP contribution in [-0.2, 0) is 14.3 Å². The van der Waals surface area contributed by atoms with Gasteiger partial charge in [0.25, 0.3) is 0 Å². The molecule has 0 aliphatic carbocycles. The number of methoxy groups -OCH3 is 1. The van der Waals surface area contributed by atoms with Gasteiger partial charge in [0.2, 0.25) is 0 Å². The molecule has 0 radical (unpaired) electrons. The highest BCUT2D eigenvalue weighted by Crippen LogP contribution is 2.03. The zero-order valence-corrected chi connectivity index (χ0v) is 7.92. The molecule has 0 aromatic rings. The third-order valence-corrected chi connectivity index (χ3v) is 1.69. The van der Waals surface area contributed by atoms with Crippen molar-refractivity contribution in [3.63, 3.8) is 0 Å². The topological polar surface area (TPSA) is 43.4 Å². The molecule has 0 amide bonds. The summed E-state index contributed by atoms with van der Waals surface area (Å²) in [7, 11) is 1.56. The lowest BCUT2D eigenvalue weighted by atomic mass is 10.0. The maximum absolute atomic E-state index is 11.2. The number of hydrogen-bond acceptors (Lipinski definition) is 3. The molecule has 0 N–H and O–H groups in total. The van der Waals surface area contributed by atoms with Crippen LogP contribution in [0.2, 0.25) is 0 Å². The summed E-state index contributed by atoms with van der Waals surface area (Å²) in [6.07, 6.45) is 0.701. The van der Waals surface area contributed by atoms with E-state index >= 15 is 0 Å². The van der Waals surface area contributed by atoms with Crippen molar-refractivity contribution in [1.82, 2.24) is 0 Å². The SMILES string of the molecule is COCC(C)C(=O)CCC(C)=O. The molecule has 0 saturated heterocycles. The minimum Gasteiger partial charge on any atom is -0.384 e. The largest absolute Gasteiger partial charge is 0.384 e. The Kier molecular flexibility index (Phi) is 5.54. The first-order valence-corrected chi connectivity index (χ1v) is 4.09. The maximum atomic E-state index is 11.2. The zero-order valence-electron chi connectivity index (χ0n) is 7.92. The van der Waals surface area contributed by atoms with Crippen LogP contribution in [0.25, 0.3) is 0 Å². The fraction of sp³-hybridized carbons (Fsp3) is 0.778. The van der Waals surface area contributed by atoms with Crippen LogP contribution in [-0.4, -0.2) is 25.3 Å². The van der Waals surface area contributed by atoms with E-state index in [1.54, 1.807) is 7.11 Å². The molecule has 0 saturated carbocycles. The average Bonchev–Trinajstić information content (AvgIpc) is 2.00. The van der Waals surface area contributed by atoms with Crippen LogP contribution >= 0.6 is 0 Å². The van der Waals surface area contributed by atoms with Crippen molar-refractivity contribution in [2.45, 2.75) is 26.7 Å². The van der Waals surface area contributed by atoms with Gasteiger partial charge in [0.1, 0.15) is 11.6 Å². The molecule has 0 rings (SSSR count). The molecule has 3 nitrogen and oxygen atoms in total. The van der Waals surface area contributed by atoms with Gasteiger partial charge in [0.15, 0.2) is 0 Å². The smallest absolute Gasteiger partial charge is 0.138 e. The second-order valence-electron chi connectivity index (χ2n) is 3.02. The first kappa shape index (κ1) is 11.3. The van der Waals surface area contributed by atoms with E-state index in [2.05, 4.69) is 0 Å². The van der Waals surface area contributed by atoms with Gasteiger partial charge in [0.05, 0.1) is 6.61 Å². The Hall–Kier alpha value is -0.700. The summed E-state index contributed by atoms with van der Waals surface area (Å²) in [5.41, 5.74) is 0.